The van der Waals surface area contributed by atoms with Gasteiger partial charge in [-0.05, 0) is 186 Å². The summed E-state index contributed by atoms with van der Waals surface area (Å²) in [5, 5.41) is 54.1. The zero-order valence-corrected chi connectivity index (χ0v) is 72.8. The van der Waals surface area contributed by atoms with Crippen LogP contribution < -0.4 is 10.6 Å². The first-order valence-electron chi connectivity index (χ1n) is 41.8. The van der Waals surface area contributed by atoms with Crippen LogP contribution in [-0.2, 0) is 80.8 Å². The summed E-state index contributed by atoms with van der Waals surface area (Å²) in [7, 11) is 0. The van der Waals surface area contributed by atoms with Crippen molar-refractivity contribution in [2.75, 3.05) is 6.61 Å². The van der Waals surface area contributed by atoms with Gasteiger partial charge in [0, 0.05) is 67.6 Å². The molecule has 10 aliphatic rings. The number of benzene rings is 2. The lowest BCUT2D eigenvalue weighted by molar-refractivity contribution is -0.391. The highest BCUT2D eigenvalue weighted by Gasteiger charge is 2.82. The average molecular weight is 1700 g/mol. The molecule has 676 valence electrons. The summed E-state index contributed by atoms with van der Waals surface area (Å²) in [5.74, 6) is -7.23. The molecule has 3 heterocycles. The molecule has 2 amide bonds. The molecule has 3 saturated heterocycles. The van der Waals surface area contributed by atoms with Gasteiger partial charge in [0.1, 0.15) is 47.3 Å². The molecule has 0 bridgehead atoms. The molecule has 0 aromatic heterocycles. The number of fused-ring (bicyclic) bond motifs is 6. The number of nitrogens with one attached hydrogen (secondary N) is 2. The second-order valence-corrected chi connectivity index (χ2v) is 39.0. The molecular formula is C94H140N2O25. The molecule has 5 saturated carbocycles. The minimum atomic E-state index is -1.79. The first-order valence-corrected chi connectivity index (χ1v) is 41.8. The minimum absolute atomic E-state index is 0. The van der Waals surface area contributed by atoms with Crippen LogP contribution in [0.4, 0.5) is 9.59 Å². The molecule has 3 aliphatic heterocycles. The largest absolute Gasteiger partial charge is 0.458 e. The van der Waals surface area contributed by atoms with Gasteiger partial charge in [-0.1, -0.05) is 127 Å². The van der Waals surface area contributed by atoms with E-state index in [2.05, 4.69) is 30.7 Å². The van der Waals surface area contributed by atoms with Crippen molar-refractivity contribution in [3.63, 3.8) is 0 Å². The van der Waals surface area contributed by atoms with Crippen LogP contribution in [0.2, 0.25) is 0 Å². The van der Waals surface area contributed by atoms with Crippen molar-refractivity contribution in [1.29, 1.82) is 0 Å². The lowest BCUT2D eigenvalue weighted by Gasteiger charge is -2.68. The van der Waals surface area contributed by atoms with Crippen molar-refractivity contribution in [1.82, 2.24) is 10.6 Å². The van der Waals surface area contributed by atoms with Crippen LogP contribution in [-0.4, -0.2) is 200 Å². The fraction of sp³-hybridized carbons (Fsp3) is 0.702. The third-order valence-corrected chi connectivity index (χ3v) is 27.2. The van der Waals surface area contributed by atoms with Gasteiger partial charge in [0.05, 0.1) is 82.2 Å². The Morgan fingerprint density at radius 3 is 1.22 bits per heavy atom. The van der Waals surface area contributed by atoms with Gasteiger partial charge in [0.25, 0.3) is 0 Å². The van der Waals surface area contributed by atoms with Crippen LogP contribution in [0.5, 0.6) is 0 Å². The highest BCUT2D eigenvalue weighted by Crippen LogP contribution is 2.74. The van der Waals surface area contributed by atoms with Gasteiger partial charge in [-0.3, -0.25) is 9.59 Å². The molecule has 26 atom stereocenters. The quantitative estimate of drug-likeness (QED) is 0.0362. The number of alkyl carbamates (subject to hydrolysis) is 2. The summed E-state index contributed by atoms with van der Waals surface area (Å²) in [6.07, 6.45) is -8.53. The second-order valence-electron chi connectivity index (χ2n) is 39.0. The average Bonchev–Trinajstić information content (AvgIpc) is 1.56. The van der Waals surface area contributed by atoms with Crippen LogP contribution >= 0.6 is 0 Å². The van der Waals surface area contributed by atoms with Crippen molar-refractivity contribution in [2.45, 2.75) is 351 Å². The fourth-order valence-corrected chi connectivity index (χ4v) is 22.7. The third-order valence-electron chi connectivity index (χ3n) is 27.2. The summed E-state index contributed by atoms with van der Waals surface area (Å²) in [4.78, 5) is 109. The molecule has 6 N–H and O–H groups in total. The molecule has 4 unspecified atom stereocenters. The van der Waals surface area contributed by atoms with Crippen LogP contribution in [0.3, 0.4) is 0 Å². The molecule has 27 nitrogen and oxygen atoms in total. The zero-order chi connectivity index (χ0) is 87.2. The number of ether oxygens (including phenoxy) is 13. The number of aliphatic hydroxyl groups is 4. The molecule has 0 spiro atoms. The molecule has 7 aliphatic carbocycles. The minimum Gasteiger partial charge on any atom is -0.458 e. The Bertz CT molecular complexity index is 3930. The maximum Gasteiger partial charge on any atom is 0.407 e. The van der Waals surface area contributed by atoms with Crippen molar-refractivity contribution in [2.24, 2.45) is 63.1 Å². The lowest BCUT2D eigenvalue weighted by atomic mass is 9.43. The smallest absolute Gasteiger partial charge is 0.407 e. The van der Waals surface area contributed by atoms with E-state index < -0.39 is 219 Å². The van der Waals surface area contributed by atoms with E-state index in [0.717, 1.165) is 6.42 Å². The summed E-state index contributed by atoms with van der Waals surface area (Å²) < 4.78 is 83.0. The van der Waals surface area contributed by atoms with E-state index in [-0.39, 0.29) is 77.9 Å². The normalized spacial score (nSPS) is 35.1. The number of esters is 6. The van der Waals surface area contributed by atoms with Crippen molar-refractivity contribution in [3.8, 4) is 0 Å². The van der Waals surface area contributed by atoms with Gasteiger partial charge in [0.2, 0.25) is 0 Å². The third kappa shape index (κ3) is 17.9. The molecule has 12 rings (SSSR count). The van der Waals surface area contributed by atoms with E-state index in [9.17, 15) is 58.8 Å². The van der Waals surface area contributed by atoms with E-state index in [0.29, 0.717) is 47.1 Å². The number of hydrogen-bond acceptors (Lipinski definition) is 25. The fourth-order valence-electron chi connectivity index (χ4n) is 22.7. The predicted octanol–water partition coefficient (Wildman–Crippen LogP) is 14.1. The molecule has 121 heavy (non-hydrogen) atoms. The molecule has 2 aromatic rings. The van der Waals surface area contributed by atoms with Gasteiger partial charge >= 0.3 is 48.0 Å². The van der Waals surface area contributed by atoms with E-state index in [4.69, 9.17) is 61.6 Å². The number of amides is 2. The Labute approximate surface area is 716 Å². The first-order chi connectivity index (χ1) is 54.8. The van der Waals surface area contributed by atoms with E-state index in [1.165, 1.54) is 13.8 Å². The Morgan fingerprint density at radius 1 is 0.545 bits per heavy atom. The van der Waals surface area contributed by atoms with Crippen LogP contribution in [0, 0.1) is 63.1 Å². The van der Waals surface area contributed by atoms with E-state index in [1.807, 2.05) is 55.4 Å². The van der Waals surface area contributed by atoms with Gasteiger partial charge in [-0.15, -0.1) is 0 Å². The standard InChI is InChI=1S/C46H65NO12.C45H63NO13.3CH4/c1-13-33-55-32-22-29-19-20-46(29,58-27(6)48)36-38(57-39(50)28-17-15-14-16-18-28)45(43(10,11)53)23-31(25(4)34(45)26(5)37(56-33)44(32,36)12)54-40(51)35(49)30(21-24(2)3)47-41(52)59-42(7,8)9;1-13-32-55-30-20-31-45(22-53-31,58-26(6)47)35-37(57-38(49)27-17-15-14-16-18-27)44(42(10,11)52)21-29(24(4)33(44)25(5)36(56-32)43(30,35)12)54-39(50)34(48)28(19-23(2)3)46-40(51)59-41(7,8)9;;;/h13-18,24,26,29-33,35-38,49,53H,1,19-23H2,2-12H3,(H,47,52);13-18,23,25,28-32,34-37,48,52H,1,19-22H2,2-12H3,(H,46,51);3*1H4/t26-,29+,30?,31?,32-,33+,35+,36-,37-,38-,44+,45-,46-;25-,28?,29?,30-,31+,32-,34+,35-,36-,37-,43+,44-,45-;;;/m00.../s1. The van der Waals surface area contributed by atoms with E-state index in [1.54, 1.807) is 149 Å². The zero-order valence-electron chi connectivity index (χ0n) is 72.8. The van der Waals surface area contributed by atoms with Gasteiger partial charge in [0.15, 0.2) is 30.4 Å². The molecular weight excluding hydrogens is 1560 g/mol. The first kappa shape index (κ1) is 98.8. The Balaban J connectivity index is 0.000000294. The molecule has 2 aromatic carbocycles. The van der Waals surface area contributed by atoms with Crippen molar-refractivity contribution >= 4 is 48.0 Å². The number of aliphatic hydroxyl groups excluding tert-OH is 2. The van der Waals surface area contributed by atoms with Crippen LogP contribution in [0.15, 0.2) is 108 Å². The topological polar surface area (TPSA) is 362 Å². The van der Waals surface area contributed by atoms with Crippen molar-refractivity contribution in [3.05, 3.63) is 119 Å². The number of hydrogen-bond donors (Lipinski definition) is 6. The van der Waals surface area contributed by atoms with Gasteiger partial charge in [-0.25, -0.2) is 28.8 Å². The lowest BCUT2D eigenvalue weighted by Crippen LogP contribution is -2.80. The number of carbonyl (C=O) groups excluding carboxylic acids is 8. The van der Waals surface area contributed by atoms with Crippen LogP contribution in [0.1, 0.15) is 247 Å². The predicted molar refractivity (Wildman–Crippen MR) is 450 cm³/mol. The van der Waals surface area contributed by atoms with Crippen LogP contribution in [0.25, 0.3) is 0 Å². The Hall–Kier alpha value is -7.60. The summed E-state index contributed by atoms with van der Waals surface area (Å²) in [6, 6.07) is 15.0. The SMILES string of the molecule is C.C.C.C=C[C@@H]1O[C@H]2C[C@H]3CC[C@@]3(OC(C)=O)[C@H]3[C@H](OC(=O)c4ccccc4)[C@]4(C(C)(C)O)CC(OC(=O)[C@H](O)C(CC(C)C)NC(=O)OC(C)(C)C)C(C)=C4[C@H](C)[C@H](O1)[C@]23C.C=C[C@H]1O[C@H]2C[C@H]3OC[C@@]3(OC(C)=O)[C@H]3[C@H](OC(=O)c4ccccc4)[C@]4(C(C)(C)O)CC(OC(=O)[C@H](O)C(CC(C)C)NC(=O)OC(C)(C)C)C(C)=C4[C@H](C)[C@H](O1)[C@]23C. The maximum absolute atomic E-state index is 14.5. The van der Waals surface area contributed by atoms with Gasteiger partial charge < -0.3 is 92.6 Å². The highest BCUT2D eigenvalue weighted by atomic mass is 16.7. The highest BCUT2D eigenvalue weighted by molar-refractivity contribution is 5.90. The monoisotopic (exact) mass is 1700 g/mol. The molecule has 0 radical (unpaired) electrons. The Kier molecular flexibility index (Phi) is 29.5. The summed E-state index contributed by atoms with van der Waals surface area (Å²) >= 11 is 0. The van der Waals surface area contributed by atoms with E-state index >= 15 is 0 Å². The molecule has 27 heteroatoms. The maximum atomic E-state index is 14.5. The Morgan fingerprint density at radius 2 is 0.909 bits per heavy atom. The molecule has 8 fully saturated rings. The number of rotatable bonds is 22. The van der Waals surface area contributed by atoms with Gasteiger partial charge in [-0.2, -0.15) is 0 Å². The summed E-state index contributed by atoms with van der Waals surface area (Å²) in [6.45, 7) is 46.8. The second kappa shape index (κ2) is 36.2. The summed E-state index contributed by atoms with van der Waals surface area (Å²) in [5.41, 5.74) is -9.33. The van der Waals surface area contributed by atoms with Crippen molar-refractivity contribution < 1.29 is 120 Å². The number of carbonyl (C=O) groups is 8.